The average Bonchev–Trinajstić information content (AvgIpc) is 2.27. The summed E-state index contributed by atoms with van der Waals surface area (Å²) >= 11 is -0.892. The summed E-state index contributed by atoms with van der Waals surface area (Å²) in [6, 6.07) is 12.2. The van der Waals surface area contributed by atoms with Crippen molar-refractivity contribution in [2.45, 2.75) is 11.4 Å². The predicted molar refractivity (Wildman–Crippen MR) is 66.5 cm³/mol. The van der Waals surface area contributed by atoms with E-state index in [0.29, 0.717) is 0 Å². The SMILES string of the molecule is C[As](C)c1ccc(C=O)c2ccccc12. The molecule has 0 aliphatic carbocycles. The molecule has 0 aliphatic heterocycles. The van der Waals surface area contributed by atoms with Crippen LogP contribution in [0.4, 0.5) is 0 Å². The van der Waals surface area contributed by atoms with Crippen molar-refractivity contribution in [3.8, 4) is 0 Å². The Balaban J connectivity index is 2.83. The molecule has 0 unspecified atom stereocenters. The van der Waals surface area contributed by atoms with Crippen molar-refractivity contribution in [3.63, 3.8) is 0 Å². The molecule has 2 aromatic carbocycles. The zero-order chi connectivity index (χ0) is 10.8. The number of carbonyl (C=O) groups is 1. The average molecular weight is 260 g/mol. The van der Waals surface area contributed by atoms with Gasteiger partial charge in [-0.25, -0.2) is 0 Å². The standard InChI is InChI=1S/C13H13AsO/c1-14(2)13-8-7-10(9-15)11-5-3-4-6-12(11)13/h3-9H,1-2H3. The molecule has 0 aromatic heterocycles. The zero-order valence-corrected chi connectivity index (χ0v) is 10.8. The molecule has 0 spiro atoms. The summed E-state index contributed by atoms with van der Waals surface area (Å²) in [5.41, 5.74) is 5.43. The molecule has 1 nitrogen and oxygen atoms in total. The molecule has 0 N–H and O–H groups in total. The Labute approximate surface area is 94.4 Å². The number of aldehydes is 1. The van der Waals surface area contributed by atoms with E-state index in [9.17, 15) is 4.79 Å². The summed E-state index contributed by atoms with van der Waals surface area (Å²) in [4.78, 5) is 10.9. The minimum atomic E-state index is -0.892. The second kappa shape index (κ2) is 4.20. The monoisotopic (exact) mass is 260 g/mol. The Hall–Kier alpha value is -1.07. The van der Waals surface area contributed by atoms with E-state index in [0.717, 1.165) is 17.2 Å². The first-order chi connectivity index (χ1) is 7.24. The molecule has 0 atom stereocenters. The van der Waals surface area contributed by atoms with Gasteiger partial charge in [0.1, 0.15) is 0 Å². The molecule has 0 radical (unpaired) electrons. The molecule has 0 fully saturated rings. The zero-order valence-electron chi connectivity index (χ0n) is 8.90. The fraction of sp³-hybridized carbons (Fsp3) is 0.154. The van der Waals surface area contributed by atoms with Crippen molar-refractivity contribution in [3.05, 3.63) is 42.0 Å². The van der Waals surface area contributed by atoms with Gasteiger partial charge in [-0.1, -0.05) is 0 Å². The summed E-state index contributed by atoms with van der Waals surface area (Å²) < 4.78 is 1.45. The molecule has 2 rings (SSSR count). The summed E-state index contributed by atoms with van der Waals surface area (Å²) in [6.07, 6.45) is 0.939. The summed E-state index contributed by atoms with van der Waals surface area (Å²) in [6.45, 7) is 0. The Morgan fingerprint density at radius 3 is 2.27 bits per heavy atom. The number of hydrogen-bond acceptors (Lipinski definition) is 1. The van der Waals surface area contributed by atoms with Crippen LogP contribution < -0.4 is 4.35 Å². The Kier molecular flexibility index (Phi) is 2.92. The summed E-state index contributed by atoms with van der Waals surface area (Å²) in [5.74, 6) is 0. The normalized spacial score (nSPS) is 10.9. The van der Waals surface area contributed by atoms with Gasteiger partial charge in [0, 0.05) is 0 Å². The van der Waals surface area contributed by atoms with Gasteiger partial charge in [-0.15, -0.1) is 0 Å². The van der Waals surface area contributed by atoms with Gasteiger partial charge in [0.05, 0.1) is 0 Å². The van der Waals surface area contributed by atoms with Gasteiger partial charge in [0.15, 0.2) is 0 Å². The summed E-state index contributed by atoms with van der Waals surface area (Å²) in [7, 11) is 0. The molecule has 2 heteroatoms. The molecular weight excluding hydrogens is 247 g/mol. The quantitative estimate of drug-likeness (QED) is 0.599. The van der Waals surface area contributed by atoms with Crippen LogP contribution in [0.15, 0.2) is 36.4 Å². The van der Waals surface area contributed by atoms with E-state index in [1.807, 2.05) is 24.3 Å². The van der Waals surface area contributed by atoms with Crippen LogP contribution in [0, 0.1) is 0 Å². The molecule has 0 heterocycles. The molecule has 15 heavy (non-hydrogen) atoms. The van der Waals surface area contributed by atoms with Crippen molar-refractivity contribution in [1.82, 2.24) is 0 Å². The van der Waals surface area contributed by atoms with Gasteiger partial charge in [-0.3, -0.25) is 0 Å². The Morgan fingerprint density at radius 1 is 1.00 bits per heavy atom. The molecule has 0 amide bonds. The van der Waals surface area contributed by atoms with Crippen molar-refractivity contribution >= 4 is 36.1 Å². The van der Waals surface area contributed by atoms with E-state index < -0.39 is 14.7 Å². The van der Waals surface area contributed by atoms with Gasteiger partial charge in [-0.2, -0.15) is 0 Å². The van der Waals surface area contributed by atoms with Crippen molar-refractivity contribution in [1.29, 1.82) is 0 Å². The number of rotatable bonds is 2. The topological polar surface area (TPSA) is 17.1 Å². The second-order valence-corrected chi connectivity index (χ2v) is 8.50. The first-order valence-electron chi connectivity index (χ1n) is 4.88. The van der Waals surface area contributed by atoms with E-state index in [1.165, 1.54) is 9.74 Å². The minimum absolute atomic E-state index is 0.796. The van der Waals surface area contributed by atoms with Gasteiger partial charge in [-0.05, 0) is 0 Å². The first kappa shape index (κ1) is 10.4. The summed E-state index contributed by atoms with van der Waals surface area (Å²) in [5, 5.41) is 2.35. The van der Waals surface area contributed by atoms with Crippen LogP contribution in [0.1, 0.15) is 10.4 Å². The molecular formula is C13H13AsO. The molecule has 76 valence electrons. The van der Waals surface area contributed by atoms with Crippen LogP contribution in [0.3, 0.4) is 0 Å². The second-order valence-electron chi connectivity index (χ2n) is 3.73. The van der Waals surface area contributed by atoms with Gasteiger partial charge >= 0.3 is 94.2 Å². The van der Waals surface area contributed by atoms with Crippen molar-refractivity contribution in [2.24, 2.45) is 0 Å². The van der Waals surface area contributed by atoms with Crippen LogP contribution in [-0.2, 0) is 0 Å². The Bertz CT molecular complexity index is 503. The van der Waals surface area contributed by atoms with E-state index in [1.54, 1.807) is 0 Å². The maximum atomic E-state index is 10.9. The van der Waals surface area contributed by atoms with Crippen molar-refractivity contribution < 1.29 is 4.79 Å². The molecule has 0 saturated carbocycles. The van der Waals surface area contributed by atoms with Gasteiger partial charge < -0.3 is 0 Å². The maximum absolute atomic E-state index is 10.9. The third-order valence-corrected chi connectivity index (χ3v) is 5.38. The number of fused-ring (bicyclic) bond motifs is 1. The molecule has 2 aromatic rings. The fourth-order valence-electron chi connectivity index (χ4n) is 1.80. The van der Waals surface area contributed by atoms with Crippen LogP contribution >= 0.6 is 0 Å². The third-order valence-electron chi connectivity index (χ3n) is 2.54. The number of carbonyl (C=O) groups excluding carboxylic acids is 1. The first-order valence-corrected chi connectivity index (χ1v) is 9.57. The van der Waals surface area contributed by atoms with E-state index >= 15 is 0 Å². The van der Waals surface area contributed by atoms with E-state index in [2.05, 4.69) is 23.6 Å². The molecule has 0 aliphatic rings. The van der Waals surface area contributed by atoms with E-state index in [4.69, 9.17) is 0 Å². The third kappa shape index (κ3) is 1.85. The van der Waals surface area contributed by atoms with Gasteiger partial charge in [0.25, 0.3) is 0 Å². The number of hydrogen-bond donors (Lipinski definition) is 0. The number of benzene rings is 2. The van der Waals surface area contributed by atoms with Crippen molar-refractivity contribution in [2.75, 3.05) is 0 Å². The Morgan fingerprint density at radius 2 is 1.67 bits per heavy atom. The predicted octanol–water partition coefficient (Wildman–Crippen LogP) is 2.61. The van der Waals surface area contributed by atoms with Crippen LogP contribution in [0.2, 0.25) is 11.4 Å². The van der Waals surface area contributed by atoms with Crippen LogP contribution in [-0.4, -0.2) is 20.9 Å². The molecule has 0 saturated heterocycles. The fourth-order valence-corrected chi connectivity index (χ4v) is 4.00. The van der Waals surface area contributed by atoms with Crippen LogP contribution in [0.5, 0.6) is 0 Å². The molecule has 0 bridgehead atoms. The van der Waals surface area contributed by atoms with Crippen LogP contribution in [0.25, 0.3) is 10.8 Å². The van der Waals surface area contributed by atoms with Gasteiger partial charge in [0.2, 0.25) is 0 Å². The van der Waals surface area contributed by atoms with E-state index in [-0.39, 0.29) is 0 Å².